The Hall–Kier alpha value is -2.18. The summed E-state index contributed by atoms with van der Waals surface area (Å²) in [5.41, 5.74) is 1.29. The largest absolute Gasteiger partial charge is 0.330 e. The molecule has 0 bridgehead atoms. The van der Waals surface area contributed by atoms with Crippen molar-refractivity contribution in [3.8, 4) is 0 Å². The smallest absolute Gasteiger partial charge is 0.257 e. The van der Waals surface area contributed by atoms with Crippen molar-refractivity contribution < 1.29 is 14.4 Å². The standard InChI is InChI=1S/C27H33Cl2N3O3/c1-17-20(14-30-32(17)19-8-10-27(4,11-9-19)18(2)33)25(35)31(16-26(3)12-13-26)15-23(34)24-21(28)6-5-7-22(24)29/h5-7,14,19H,8-13,15-16H2,1-4H3. The number of carbonyl (C=O) groups excluding carboxylic acids is 3. The zero-order valence-electron chi connectivity index (χ0n) is 20.9. The van der Waals surface area contributed by atoms with Gasteiger partial charge in [0.05, 0.1) is 40.0 Å². The highest BCUT2D eigenvalue weighted by molar-refractivity contribution is 6.40. The molecule has 6 nitrogen and oxygen atoms in total. The molecule has 188 valence electrons. The van der Waals surface area contributed by atoms with Crippen molar-refractivity contribution in [3.05, 3.63) is 51.3 Å². The number of nitrogens with zero attached hydrogens (tertiary/aromatic N) is 3. The molecule has 1 amide bonds. The fourth-order valence-electron chi connectivity index (χ4n) is 5.06. The molecule has 4 rings (SSSR count). The van der Waals surface area contributed by atoms with Crippen LogP contribution in [0.3, 0.4) is 0 Å². The molecule has 2 aromatic rings. The van der Waals surface area contributed by atoms with Crippen molar-refractivity contribution in [1.29, 1.82) is 0 Å². The van der Waals surface area contributed by atoms with Gasteiger partial charge in [-0.05, 0) is 69.9 Å². The predicted molar refractivity (Wildman–Crippen MR) is 137 cm³/mol. The van der Waals surface area contributed by atoms with Crippen LogP contribution < -0.4 is 0 Å². The first-order valence-corrected chi connectivity index (χ1v) is 13.0. The number of ketones is 2. The van der Waals surface area contributed by atoms with Crippen LogP contribution in [0.2, 0.25) is 10.0 Å². The molecule has 35 heavy (non-hydrogen) atoms. The quantitative estimate of drug-likeness (QED) is 0.383. The lowest BCUT2D eigenvalue weighted by molar-refractivity contribution is -0.127. The first-order valence-electron chi connectivity index (χ1n) is 12.3. The second-order valence-corrected chi connectivity index (χ2v) is 11.7. The zero-order chi connectivity index (χ0) is 25.5. The average molecular weight is 518 g/mol. The van der Waals surface area contributed by atoms with Crippen LogP contribution in [0.15, 0.2) is 24.4 Å². The van der Waals surface area contributed by atoms with Crippen LogP contribution in [0.4, 0.5) is 0 Å². The highest BCUT2D eigenvalue weighted by Crippen LogP contribution is 2.46. The molecule has 0 aliphatic heterocycles. The second-order valence-electron chi connectivity index (χ2n) is 10.9. The van der Waals surface area contributed by atoms with Gasteiger partial charge in [-0.2, -0.15) is 5.10 Å². The van der Waals surface area contributed by atoms with Crippen LogP contribution in [-0.2, 0) is 4.79 Å². The van der Waals surface area contributed by atoms with Gasteiger partial charge in [-0.15, -0.1) is 0 Å². The zero-order valence-corrected chi connectivity index (χ0v) is 22.4. The van der Waals surface area contributed by atoms with Crippen molar-refractivity contribution in [2.45, 2.75) is 72.3 Å². The van der Waals surface area contributed by atoms with Gasteiger partial charge in [0.1, 0.15) is 5.78 Å². The van der Waals surface area contributed by atoms with Crippen molar-refractivity contribution in [3.63, 3.8) is 0 Å². The van der Waals surface area contributed by atoms with E-state index in [0.717, 1.165) is 44.2 Å². The van der Waals surface area contributed by atoms with Gasteiger partial charge in [0, 0.05) is 17.7 Å². The van der Waals surface area contributed by atoms with Crippen LogP contribution in [0.25, 0.3) is 0 Å². The topological polar surface area (TPSA) is 72.3 Å². The van der Waals surface area contributed by atoms with E-state index in [4.69, 9.17) is 23.2 Å². The van der Waals surface area contributed by atoms with E-state index in [-0.39, 0.29) is 56.5 Å². The molecular weight excluding hydrogens is 485 g/mol. The van der Waals surface area contributed by atoms with Crippen LogP contribution in [0, 0.1) is 17.8 Å². The molecule has 2 aliphatic rings. The fourth-order valence-corrected chi connectivity index (χ4v) is 5.66. The third kappa shape index (κ3) is 5.34. The van der Waals surface area contributed by atoms with Gasteiger partial charge in [-0.25, -0.2) is 0 Å². The van der Waals surface area contributed by atoms with E-state index in [1.165, 1.54) is 0 Å². The fraction of sp³-hybridized carbons (Fsp3) is 0.556. The third-order valence-corrected chi connectivity index (χ3v) is 8.70. The molecular formula is C27H33Cl2N3O3. The number of rotatable bonds is 8. The summed E-state index contributed by atoms with van der Waals surface area (Å²) >= 11 is 12.5. The monoisotopic (exact) mass is 517 g/mol. The van der Waals surface area contributed by atoms with Crippen LogP contribution in [0.1, 0.15) is 91.7 Å². The summed E-state index contributed by atoms with van der Waals surface area (Å²) in [7, 11) is 0. The van der Waals surface area contributed by atoms with Gasteiger partial charge in [-0.1, -0.05) is 43.1 Å². The van der Waals surface area contributed by atoms with E-state index in [9.17, 15) is 14.4 Å². The molecule has 0 spiro atoms. The summed E-state index contributed by atoms with van der Waals surface area (Å²) in [6.07, 6.45) is 6.97. The molecule has 0 N–H and O–H groups in total. The second kappa shape index (κ2) is 9.70. The number of hydrogen-bond acceptors (Lipinski definition) is 4. The number of hydrogen-bond donors (Lipinski definition) is 0. The normalized spacial score (nSPS) is 23.1. The SMILES string of the molecule is CC(=O)C1(C)CCC(n2ncc(C(=O)N(CC(=O)c3c(Cl)cccc3Cl)CC3(C)CC3)c2C)CC1. The highest BCUT2D eigenvalue weighted by Gasteiger charge is 2.41. The van der Waals surface area contributed by atoms with Crippen molar-refractivity contribution in [2.75, 3.05) is 13.1 Å². The minimum absolute atomic E-state index is 0.0185. The summed E-state index contributed by atoms with van der Waals surface area (Å²) < 4.78 is 1.93. The van der Waals surface area contributed by atoms with Gasteiger partial charge in [0.2, 0.25) is 0 Å². The minimum atomic E-state index is -0.279. The van der Waals surface area contributed by atoms with Crippen LogP contribution in [0.5, 0.6) is 0 Å². The molecule has 0 radical (unpaired) electrons. The number of halogens is 2. The molecule has 0 saturated heterocycles. The molecule has 1 aromatic carbocycles. The highest BCUT2D eigenvalue weighted by atomic mass is 35.5. The molecule has 2 aliphatic carbocycles. The van der Waals surface area contributed by atoms with E-state index in [2.05, 4.69) is 12.0 Å². The number of aromatic nitrogens is 2. The lowest BCUT2D eigenvalue weighted by Gasteiger charge is -2.35. The van der Waals surface area contributed by atoms with E-state index in [1.807, 2.05) is 18.5 Å². The van der Waals surface area contributed by atoms with Gasteiger partial charge >= 0.3 is 0 Å². The van der Waals surface area contributed by atoms with Gasteiger partial charge in [0.15, 0.2) is 5.78 Å². The van der Waals surface area contributed by atoms with Crippen molar-refractivity contribution in [1.82, 2.24) is 14.7 Å². The molecule has 0 atom stereocenters. The summed E-state index contributed by atoms with van der Waals surface area (Å²) in [5, 5.41) is 5.14. The lowest BCUT2D eigenvalue weighted by Crippen LogP contribution is -2.39. The van der Waals surface area contributed by atoms with Crippen LogP contribution >= 0.6 is 23.2 Å². The summed E-state index contributed by atoms with van der Waals surface area (Å²) in [6, 6.07) is 5.11. The number of benzene rings is 1. The maximum Gasteiger partial charge on any atom is 0.257 e. The van der Waals surface area contributed by atoms with E-state index >= 15 is 0 Å². The van der Waals surface area contributed by atoms with Crippen LogP contribution in [-0.4, -0.2) is 45.2 Å². The molecule has 0 unspecified atom stereocenters. The number of amides is 1. The van der Waals surface area contributed by atoms with E-state index < -0.39 is 0 Å². The number of Topliss-reactive ketones (excluding diaryl/α,β-unsaturated/α-hetero) is 2. The maximum atomic E-state index is 13.7. The Morgan fingerprint density at radius 1 is 1.09 bits per heavy atom. The Balaban J connectivity index is 1.55. The van der Waals surface area contributed by atoms with Gasteiger partial charge in [0.25, 0.3) is 5.91 Å². The van der Waals surface area contributed by atoms with Crippen molar-refractivity contribution >= 4 is 40.7 Å². The molecule has 2 saturated carbocycles. The van der Waals surface area contributed by atoms with E-state index in [0.29, 0.717) is 12.1 Å². The number of carbonyl (C=O) groups is 3. The summed E-state index contributed by atoms with van der Waals surface area (Å²) in [4.78, 5) is 40.5. The first-order chi connectivity index (χ1) is 16.4. The summed E-state index contributed by atoms with van der Waals surface area (Å²) in [6.45, 7) is 8.14. The van der Waals surface area contributed by atoms with Gasteiger partial charge < -0.3 is 4.90 Å². The Morgan fingerprint density at radius 2 is 1.69 bits per heavy atom. The third-order valence-electron chi connectivity index (χ3n) is 8.07. The molecule has 1 heterocycles. The lowest BCUT2D eigenvalue weighted by atomic mass is 9.71. The Morgan fingerprint density at radius 3 is 2.23 bits per heavy atom. The van der Waals surface area contributed by atoms with Crippen molar-refractivity contribution in [2.24, 2.45) is 10.8 Å². The molecule has 2 fully saturated rings. The van der Waals surface area contributed by atoms with Gasteiger partial charge in [-0.3, -0.25) is 19.1 Å². The molecule has 1 aromatic heterocycles. The maximum absolute atomic E-state index is 13.7. The Labute approximate surface area is 217 Å². The predicted octanol–water partition coefficient (Wildman–Crippen LogP) is 6.33. The Kier molecular flexibility index (Phi) is 7.18. The molecule has 8 heteroatoms. The van der Waals surface area contributed by atoms with E-state index in [1.54, 1.807) is 36.2 Å². The average Bonchev–Trinajstić information content (AvgIpc) is 3.40. The Bertz CT molecular complexity index is 1140. The summed E-state index contributed by atoms with van der Waals surface area (Å²) in [5.74, 6) is -0.252. The first kappa shape index (κ1) is 25.9. The minimum Gasteiger partial charge on any atom is -0.330 e.